The van der Waals surface area contributed by atoms with Gasteiger partial charge in [-0.15, -0.1) is 22.7 Å². The largest absolute Gasteiger partial charge is 0.331 e. The van der Waals surface area contributed by atoms with E-state index in [4.69, 9.17) is 11.6 Å². The van der Waals surface area contributed by atoms with E-state index >= 15 is 0 Å². The lowest BCUT2D eigenvalue weighted by Gasteiger charge is -2.05. The molecule has 0 saturated heterocycles. The van der Waals surface area contributed by atoms with Crippen molar-refractivity contribution in [3.63, 3.8) is 0 Å². The van der Waals surface area contributed by atoms with Crippen LogP contribution in [-0.2, 0) is 25.3 Å². The maximum Gasteiger partial charge on any atom is 0.331 e. The fourth-order valence-corrected chi connectivity index (χ4v) is 4.86. The number of fused-ring (bicyclic) bond motifs is 1. The Morgan fingerprint density at radius 2 is 1.83 bits per heavy atom. The first-order valence-electron chi connectivity index (χ1n) is 8.52. The standard InChI is InChI=1S/C19H15ClN4O3S2/c1-23-16(26)15-11(8-28-17(15)24(2)19(23)27)7-14(25)22-18-21-13(9-29-18)10-3-5-12(20)6-4-10/h3-6,8-9H,7H2,1-2H3,(H,21,22,25). The second kappa shape index (κ2) is 7.58. The lowest BCUT2D eigenvalue weighted by molar-refractivity contribution is -0.115. The average Bonchev–Trinajstić information content (AvgIpc) is 3.32. The van der Waals surface area contributed by atoms with Crippen molar-refractivity contribution in [3.05, 3.63) is 66.4 Å². The van der Waals surface area contributed by atoms with Gasteiger partial charge in [-0.2, -0.15) is 0 Å². The van der Waals surface area contributed by atoms with Crippen LogP contribution in [0.2, 0.25) is 5.02 Å². The molecule has 0 aliphatic heterocycles. The molecule has 0 aliphatic rings. The molecule has 0 spiro atoms. The van der Waals surface area contributed by atoms with Crippen molar-refractivity contribution in [3.8, 4) is 11.3 Å². The van der Waals surface area contributed by atoms with E-state index in [0.717, 1.165) is 15.8 Å². The van der Waals surface area contributed by atoms with Gasteiger partial charge in [-0.1, -0.05) is 23.7 Å². The summed E-state index contributed by atoms with van der Waals surface area (Å²) >= 11 is 8.50. The number of hydrogen-bond donors (Lipinski definition) is 1. The predicted molar refractivity (Wildman–Crippen MR) is 117 cm³/mol. The average molecular weight is 447 g/mol. The molecule has 0 fully saturated rings. The molecule has 4 rings (SSSR count). The van der Waals surface area contributed by atoms with Crippen LogP contribution in [0, 0.1) is 0 Å². The van der Waals surface area contributed by atoms with Gasteiger partial charge in [0.1, 0.15) is 4.83 Å². The van der Waals surface area contributed by atoms with Crippen LogP contribution in [0.25, 0.3) is 21.5 Å². The summed E-state index contributed by atoms with van der Waals surface area (Å²) in [6.07, 6.45) is 0.0172. The Kier molecular flexibility index (Phi) is 5.12. The zero-order valence-corrected chi connectivity index (χ0v) is 17.8. The minimum atomic E-state index is -0.397. The summed E-state index contributed by atoms with van der Waals surface area (Å²) in [5.41, 5.74) is 1.45. The highest BCUT2D eigenvalue weighted by Gasteiger charge is 2.17. The van der Waals surface area contributed by atoms with Gasteiger partial charge in [0.25, 0.3) is 5.56 Å². The lowest BCUT2D eigenvalue weighted by atomic mass is 10.1. The van der Waals surface area contributed by atoms with E-state index in [0.29, 0.717) is 25.9 Å². The predicted octanol–water partition coefficient (Wildman–Crippen LogP) is 3.26. The molecule has 29 heavy (non-hydrogen) atoms. The van der Waals surface area contributed by atoms with Crippen molar-refractivity contribution in [2.75, 3.05) is 5.32 Å². The van der Waals surface area contributed by atoms with Crippen molar-refractivity contribution < 1.29 is 4.79 Å². The monoisotopic (exact) mass is 446 g/mol. The molecule has 0 bridgehead atoms. The first-order valence-corrected chi connectivity index (χ1v) is 10.7. The molecule has 1 amide bonds. The van der Waals surface area contributed by atoms with E-state index in [1.54, 1.807) is 24.6 Å². The minimum absolute atomic E-state index is 0.0172. The van der Waals surface area contributed by atoms with Crippen LogP contribution in [0.15, 0.2) is 44.6 Å². The van der Waals surface area contributed by atoms with Gasteiger partial charge in [-0.3, -0.25) is 18.7 Å². The summed E-state index contributed by atoms with van der Waals surface area (Å²) in [6.45, 7) is 0. The van der Waals surface area contributed by atoms with Gasteiger partial charge in [0.2, 0.25) is 5.91 Å². The third-order valence-electron chi connectivity index (χ3n) is 4.49. The highest BCUT2D eigenvalue weighted by atomic mass is 35.5. The summed E-state index contributed by atoms with van der Waals surface area (Å²) in [4.78, 5) is 42.1. The lowest BCUT2D eigenvalue weighted by Crippen LogP contribution is -2.36. The number of nitrogens with zero attached hydrogens (tertiary/aromatic N) is 3. The second-order valence-electron chi connectivity index (χ2n) is 6.42. The Labute approximate surface area is 177 Å². The number of nitrogens with one attached hydrogen (secondary N) is 1. The number of aryl methyl sites for hydroxylation is 1. The zero-order chi connectivity index (χ0) is 20.7. The fourth-order valence-electron chi connectivity index (χ4n) is 2.98. The van der Waals surface area contributed by atoms with Gasteiger partial charge in [0, 0.05) is 30.1 Å². The minimum Gasteiger partial charge on any atom is -0.302 e. The SMILES string of the molecule is Cn1c(=O)c2c(CC(=O)Nc3nc(-c4ccc(Cl)cc4)cs3)csc2n(C)c1=O. The van der Waals surface area contributed by atoms with Gasteiger partial charge >= 0.3 is 5.69 Å². The van der Waals surface area contributed by atoms with Gasteiger partial charge in [-0.05, 0) is 23.1 Å². The van der Waals surface area contributed by atoms with Gasteiger partial charge in [0.05, 0.1) is 17.5 Å². The quantitative estimate of drug-likeness (QED) is 0.521. The van der Waals surface area contributed by atoms with E-state index in [2.05, 4.69) is 10.3 Å². The summed E-state index contributed by atoms with van der Waals surface area (Å²) in [6, 6.07) is 7.29. The van der Waals surface area contributed by atoms with E-state index in [9.17, 15) is 14.4 Å². The highest BCUT2D eigenvalue weighted by Crippen LogP contribution is 2.27. The molecule has 3 aromatic heterocycles. The van der Waals surface area contributed by atoms with Crippen molar-refractivity contribution in [1.82, 2.24) is 14.1 Å². The number of aromatic nitrogens is 3. The third-order valence-corrected chi connectivity index (χ3v) is 6.60. The first-order chi connectivity index (χ1) is 13.8. The molecule has 3 heterocycles. The molecule has 1 aromatic carbocycles. The Balaban J connectivity index is 1.56. The van der Waals surface area contributed by atoms with Crippen LogP contribution in [0.4, 0.5) is 5.13 Å². The Morgan fingerprint density at radius 1 is 1.10 bits per heavy atom. The molecule has 0 saturated carbocycles. The molecule has 10 heteroatoms. The molecule has 0 radical (unpaired) electrons. The smallest absolute Gasteiger partial charge is 0.302 e. The van der Waals surface area contributed by atoms with E-state index in [1.807, 2.05) is 17.5 Å². The zero-order valence-electron chi connectivity index (χ0n) is 15.4. The van der Waals surface area contributed by atoms with Crippen LogP contribution < -0.4 is 16.6 Å². The Bertz CT molecular complexity index is 1350. The van der Waals surface area contributed by atoms with E-state index < -0.39 is 11.2 Å². The summed E-state index contributed by atoms with van der Waals surface area (Å²) in [7, 11) is 3.04. The summed E-state index contributed by atoms with van der Waals surface area (Å²) in [5, 5.41) is 7.88. The fraction of sp³-hybridized carbons (Fsp3) is 0.158. The van der Waals surface area contributed by atoms with Crippen LogP contribution in [0.1, 0.15) is 5.56 Å². The van der Waals surface area contributed by atoms with Crippen LogP contribution in [0.3, 0.4) is 0 Å². The molecule has 4 aromatic rings. The number of carbonyl (C=O) groups excluding carboxylic acids is 1. The van der Waals surface area contributed by atoms with Gasteiger partial charge in [-0.25, -0.2) is 9.78 Å². The Hall–Kier alpha value is -2.75. The molecule has 148 valence electrons. The highest BCUT2D eigenvalue weighted by molar-refractivity contribution is 7.17. The number of halogens is 1. The second-order valence-corrected chi connectivity index (χ2v) is 8.57. The summed E-state index contributed by atoms with van der Waals surface area (Å²) < 4.78 is 2.47. The number of thiophene rings is 1. The molecule has 0 unspecified atom stereocenters. The topological polar surface area (TPSA) is 86.0 Å². The molecular formula is C19H15ClN4O3S2. The van der Waals surface area contributed by atoms with E-state index in [-0.39, 0.29) is 12.3 Å². The molecule has 0 atom stereocenters. The number of carbonyl (C=O) groups is 1. The number of thiazole rings is 1. The van der Waals surface area contributed by atoms with Crippen molar-refractivity contribution in [2.24, 2.45) is 14.1 Å². The molecule has 7 nitrogen and oxygen atoms in total. The summed E-state index contributed by atoms with van der Waals surface area (Å²) in [5.74, 6) is -0.280. The molecule has 0 aliphatic carbocycles. The van der Waals surface area contributed by atoms with Crippen molar-refractivity contribution >= 4 is 55.5 Å². The van der Waals surface area contributed by atoms with Crippen molar-refractivity contribution in [2.45, 2.75) is 6.42 Å². The van der Waals surface area contributed by atoms with Gasteiger partial charge in [0.15, 0.2) is 5.13 Å². The van der Waals surface area contributed by atoms with E-state index in [1.165, 1.54) is 34.3 Å². The number of rotatable bonds is 4. The molecular weight excluding hydrogens is 432 g/mol. The maximum absolute atomic E-state index is 12.5. The number of anilines is 1. The number of hydrogen-bond acceptors (Lipinski definition) is 6. The Morgan fingerprint density at radius 3 is 2.55 bits per heavy atom. The maximum atomic E-state index is 12.5. The normalized spacial score (nSPS) is 11.1. The van der Waals surface area contributed by atoms with Crippen LogP contribution in [0.5, 0.6) is 0 Å². The first kappa shape index (κ1) is 19.6. The van der Waals surface area contributed by atoms with Crippen LogP contribution in [-0.4, -0.2) is 20.0 Å². The number of amides is 1. The van der Waals surface area contributed by atoms with Gasteiger partial charge < -0.3 is 5.32 Å². The van der Waals surface area contributed by atoms with Crippen LogP contribution >= 0.6 is 34.3 Å². The third kappa shape index (κ3) is 3.64. The number of benzene rings is 1. The van der Waals surface area contributed by atoms with Crippen molar-refractivity contribution in [1.29, 1.82) is 0 Å². The molecule has 1 N–H and O–H groups in total.